The van der Waals surface area contributed by atoms with E-state index in [0.29, 0.717) is 6.54 Å². The van der Waals surface area contributed by atoms with Crippen LogP contribution in [0, 0.1) is 5.41 Å². The molecule has 0 aliphatic heterocycles. The molecule has 1 aromatic rings. The second kappa shape index (κ2) is 6.64. The summed E-state index contributed by atoms with van der Waals surface area (Å²) in [5.41, 5.74) is 5.79. The minimum atomic E-state index is 0.0138. The van der Waals surface area contributed by atoms with Crippen molar-refractivity contribution in [1.82, 2.24) is 0 Å². The monoisotopic (exact) mass is 251 g/mol. The zero-order valence-corrected chi connectivity index (χ0v) is 11.9. The van der Waals surface area contributed by atoms with Crippen molar-refractivity contribution in [3.8, 4) is 11.5 Å². The van der Waals surface area contributed by atoms with Gasteiger partial charge in [-0.2, -0.15) is 0 Å². The van der Waals surface area contributed by atoms with E-state index in [-0.39, 0.29) is 11.5 Å². The van der Waals surface area contributed by atoms with Crippen LogP contribution in [-0.2, 0) is 0 Å². The van der Waals surface area contributed by atoms with E-state index in [1.807, 2.05) is 24.3 Å². The summed E-state index contributed by atoms with van der Waals surface area (Å²) < 4.78 is 11.4. The molecule has 0 aliphatic carbocycles. The van der Waals surface area contributed by atoms with Crippen molar-refractivity contribution < 1.29 is 9.47 Å². The average Bonchev–Trinajstić information content (AvgIpc) is 2.33. The second-order valence-electron chi connectivity index (χ2n) is 5.53. The fourth-order valence-electron chi connectivity index (χ4n) is 1.58. The van der Waals surface area contributed by atoms with Gasteiger partial charge in [-0.15, -0.1) is 0 Å². The second-order valence-corrected chi connectivity index (χ2v) is 5.53. The molecule has 1 aromatic carbocycles. The Hall–Kier alpha value is -1.22. The van der Waals surface area contributed by atoms with Crippen LogP contribution in [0.25, 0.3) is 0 Å². The fraction of sp³-hybridized carbons (Fsp3) is 0.600. The van der Waals surface area contributed by atoms with E-state index in [1.54, 1.807) is 0 Å². The number of hydrogen-bond donors (Lipinski definition) is 1. The lowest BCUT2D eigenvalue weighted by Gasteiger charge is -2.30. The van der Waals surface area contributed by atoms with Gasteiger partial charge in [0, 0.05) is 12.0 Å². The molecule has 0 aromatic heterocycles. The van der Waals surface area contributed by atoms with Crippen LogP contribution in [0.15, 0.2) is 24.3 Å². The Balaban J connectivity index is 2.62. The van der Waals surface area contributed by atoms with Crippen LogP contribution in [-0.4, -0.2) is 19.3 Å². The van der Waals surface area contributed by atoms with Gasteiger partial charge in [-0.05, 0) is 30.7 Å². The van der Waals surface area contributed by atoms with Crippen molar-refractivity contribution in [3.05, 3.63) is 24.3 Å². The van der Waals surface area contributed by atoms with Gasteiger partial charge in [-0.25, -0.2) is 0 Å². The van der Waals surface area contributed by atoms with Crippen LogP contribution in [0.4, 0.5) is 0 Å². The van der Waals surface area contributed by atoms with Gasteiger partial charge < -0.3 is 15.2 Å². The quantitative estimate of drug-likeness (QED) is 0.844. The summed E-state index contributed by atoms with van der Waals surface area (Å²) in [6.07, 6.45) is 1.03. The molecule has 0 aliphatic rings. The van der Waals surface area contributed by atoms with Gasteiger partial charge in [0.05, 0.1) is 6.61 Å². The molecule has 3 nitrogen and oxygen atoms in total. The number of benzene rings is 1. The molecule has 0 heterocycles. The maximum Gasteiger partial charge on any atom is 0.120 e. The highest BCUT2D eigenvalue weighted by atomic mass is 16.5. The average molecular weight is 251 g/mol. The van der Waals surface area contributed by atoms with Crippen molar-refractivity contribution in [2.45, 2.75) is 40.2 Å². The van der Waals surface area contributed by atoms with E-state index in [4.69, 9.17) is 15.2 Å². The third-order valence-corrected chi connectivity index (χ3v) is 2.75. The molecular weight excluding hydrogens is 226 g/mol. The van der Waals surface area contributed by atoms with Crippen molar-refractivity contribution in [2.75, 3.05) is 13.2 Å². The molecule has 1 unspecified atom stereocenters. The Bertz CT molecular complexity index is 341. The third-order valence-electron chi connectivity index (χ3n) is 2.75. The molecule has 0 spiro atoms. The van der Waals surface area contributed by atoms with E-state index in [9.17, 15) is 0 Å². The summed E-state index contributed by atoms with van der Waals surface area (Å²) in [6, 6.07) is 7.72. The van der Waals surface area contributed by atoms with Gasteiger partial charge in [0.1, 0.15) is 17.6 Å². The molecule has 0 saturated heterocycles. The lowest BCUT2D eigenvalue weighted by molar-refractivity contribution is 0.0941. The predicted molar refractivity (Wildman–Crippen MR) is 75.2 cm³/mol. The molecule has 102 valence electrons. The summed E-state index contributed by atoms with van der Waals surface area (Å²) in [5.74, 6) is 1.72. The highest BCUT2D eigenvalue weighted by Crippen LogP contribution is 2.25. The van der Waals surface area contributed by atoms with Gasteiger partial charge in [-0.1, -0.05) is 27.7 Å². The lowest BCUT2D eigenvalue weighted by Crippen LogP contribution is -2.38. The van der Waals surface area contributed by atoms with Crippen molar-refractivity contribution in [1.29, 1.82) is 0 Å². The normalized spacial score (nSPS) is 13.2. The number of hydrogen-bond acceptors (Lipinski definition) is 3. The van der Waals surface area contributed by atoms with Gasteiger partial charge in [0.2, 0.25) is 0 Å². The Kier molecular flexibility index (Phi) is 5.48. The van der Waals surface area contributed by atoms with Gasteiger partial charge >= 0.3 is 0 Å². The van der Waals surface area contributed by atoms with E-state index < -0.39 is 0 Å². The van der Waals surface area contributed by atoms with Crippen LogP contribution in [0.3, 0.4) is 0 Å². The Labute approximate surface area is 110 Å². The number of rotatable bonds is 6. The SMILES string of the molecule is CCCOc1ccc(OC(CN)C(C)(C)C)cc1. The molecule has 0 bridgehead atoms. The smallest absolute Gasteiger partial charge is 0.120 e. The number of ether oxygens (including phenoxy) is 2. The lowest BCUT2D eigenvalue weighted by atomic mass is 9.89. The first kappa shape index (κ1) is 14.8. The molecule has 18 heavy (non-hydrogen) atoms. The van der Waals surface area contributed by atoms with Gasteiger partial charge in [0.25, 0.3) is 0 Å². The highest BCUT2D eigenvalue weighted by molar-refractivity contribution is 5.31. The minimum absolute atomic E-state index is 0.0138. The molecule has 2 N–H and O–H groups in total. The van der Waals surface area contributed by atoms with Crippen molar-refractivity contribution in [3.63, 3.8) is 0 Å². The van der Waals surface area contributed by atoms with Crippen molar-refractivity contribution in [2.24, 2.45) is 11.1 Å². The van der Waals surface area contributed by atoms with Crippen LogP contribution in [0.5, 0.6) is 11.5 Å². The Morgan fingerprint density at radius 2 is 1.67 bits per heavy atom. The van der Waals surface area contributed by atoms with E-state index >= 15 is 0 Å². The zero-order valence-electron chi connectivity index (χ0n) is 11.9. The highest BCUT2D eigenvalue weighted by Gasteiger charge is 2.24. The first-order valence-electron chi connectivity index (χ1n) is 6.57. The molecule has 3 heteroatoms. The van der Waals surface area contributed by atoms with E-state index in [2.05, 4.69) is 27.7 Å². The van der Waals surface area contributed by atoms with E-state index in [0.717, 1.165) is 24.5 Å². The molecule has 0 saturated carbocycles. The zero-order chi connectivity index (χ0) is 13.6. The van der Waals surface area contributed by atoms with E-state index in [1.165, 1.54) is 0 Å². The largest absolute Gasteiger partial charge is 0.494 e. The summed E-state index contributed by atoms with van der Waals surface area (Å²) in [5, 5.41) is 0. The van der Waals surface area contributed by atoms with Gasteiger partial charge in [0.15, 0.2) is 0 Å². The van der Waals surface area contributed by atoms with Crippen LogP contribution < -0.4 is 15.2 Å². The maximum absolute atomic E-state index is 5.91. The summed E-state index contributed by atoms with van der Waals surface area (Å²) in [7, 11) is 0. The first-order valence-corrected chi connectivity index (χ1v) is 6.57. The van der Waals surface area contributed by atoms with Crippen LogP contribution in [0.1, 0.15) is 34.1 Å². The third kappa shape index (κ3) is 4.57. The Morgan fingerprint density at radius 1 is 1.11 bits per heavy atom. The molecule has 0 radical (unpaired) electrons. The summed E-state index contributed by atoms with van der Waals surface area (Å²) in [6.45, 7) is 9.73. The van der Waals surface area contributed by atoms with Gasteiger partial charge in [-0.3, -0.25) is 0 Å². The molecule has 0 amide bonds. The molecular formula is C15H25NO2. The first-order chi connectivity index (χ1) is 8.47. The minimum Gasteiger partial charge on any atom is -0.494 e. The standard InChI is InChI=1S/C15H25NO2/c1-5-10-17-12-6-8-13(9-7-12)18-14(11-16)15(2,3)4/h6-9,14H,5,10-11,16H2,1-4H3. The fourth-order valence-corrected chi connectivity index (χ4v) is 1.58. The topological polar surface area (TPSA) is 44.5 Å². The predicted octanol–water partition coefficient (Wildman–Crippen LogP) is 3.23. The van der Waals surface area contributed by atoms with Crippen LogP contribution in [0.2, 0.25) is 0 Å². The van der Waals surface area contributed by atoms with Crippen molar-refractivity contribution >= 4 is 0 Å². The van der Waals surface area contributed by atoms with Crippen LogP contribution >= 0.6 is 0 Å². The molecule has 0 fully saturated rings. The Morgan fingerprint density at radius 3 is 2.11 bits per heavy atom. The molecule has 1 rings (SSSR count). The maximum atomic E-state index is 5.91. The summed E-state index contributed by atoms with van der Waals surface area (Å²) in [4.78, 5) is 0. The molecule has 1 atom stereocenters. The number of nitrogens with two attached hydrogens (primary N) is 1. The summed E-state index contributed by atoms with van der Waals surface area (Å²) >= 11 is 0.